The summed E-state index contributed by atoms with van der Waals surface area (Å²) in [5.74, 6) is 7.09. The van der Waals surface area contributed by atoms with Crippen LogP contribution in [0.15, 0.2) is 59.5 Å². The first-order chi connectivity index (χ1) is 14.0. The minimum Gasteiger partial charge on any atom is -0.444 e. The van der Waals surface area contributed by atoms with Crippen molar-refractivity contribution >= 4 is 6.08 Å². The molecule has 0 bridgehead atoms. The molecule has 1 aromatic carbocycles. The van der Waals surface area contributed by atoms with Gasteiger partial charge in [0, 0.05) is 18.5 Å². The Bertz CT molecular complexity index is 834. The molecule has 0 amide bonds. The third-order valence-corrected chi connectivity index (χ3v) is 4.07. The number of allylic oxidation sites excluding steroid dienone is 1. The minimum atomic E-state index is 0.0447. The summed E-state index contributed by atoms with van der Waals surface area (Å²) in [6.07, 6.45) is 11.0. The summed E-state index contributed by atoms with van der Waals surface area (Å²) < 4.78 is 10.9. The van der Waals surface area contributed by atoms with Crippen LogP contribution in [0.25, 0.3) is 6.08 Å². The van der Waals surface area contributed by atoms with Crippen LogP contribution in [0.3, 0.4) is 0 Å². The maximum Gasteiger partial charge on any atom is 0.181 e. The number of hydrogen-bond acceptors (Lipinski definition) is 4. The summed E-state index contributed by atoms with van der Waals surface area (Å²) in [5, 5.41) is 0. The maximum atomic E-state index is 5.73. The number of aromatic nitrogens is 1. The van der Waals surface area contributed by atoms with Crippen LogP contribution < -0.4 is 0 Å². The normalized spacial score (nSPS) is 12.0. The number of oxazole rings is 1. The van der Waals surface area contributed by atoms with Gasteiger partial charge in [0.25, 0.3) is 0 Å². The van der Waals surface area contributed by atoms with Gasteiger partial charge >= 0.3 is 0 Å². The molecule has 29 heavy (non-hydrogen) atoms. The number of benzene rings is 1. The van der Waals surface area contributed by atoms with Gasteiger partial charge < -0.3 is 9.15 Å². The fourth-order valence-corrected chi connectivity index (χ4v) is 2.62. The van der Waals surface area contributed by atoms with E-state index in [-0.39, 0.29) is 5.41 Å². The van der Waals surface area contributed by atoms with Crippen molar-refractivity contribution in [2.45, 2.75) is 40.8 Å². The van der Waals surface area contributed by atoms with Crippen molar-refractivity contribution in [3.05, 3.63) is 72.0 Å². The molecule has 0 fully saturated rings. The molecule has 0 radical (unpaired) electrons. The van der Waals surface area contributed by atoms with Gasteiger partial charge in [0.2, 0.25) is 0 Å². The van der Waals surface area contributed by atoms with Gasteiger partial charge in [-0.25, -0.2) is 4.98 Å². The first kappa shape index (κ1) is 22.7. The SMILES string of the molecule is CCN(CC=CC#CC(C)(C)C)Cc1cccc(COC/C=C/c2cnco2)c1. The Morgan fingerprint density at radius 2 is 2.03 bits per heavy atom. The third-order valence-electron chi connectivity index (χ3n) is 4.07. The van der Waals surface area contributed by atoms with E-state index in [1.54, 1.807) is 6.20 Å². The predicted octanol–water partition coefficient (Wildman–Crippen LogP) is 5.33. The molecule has 2 rings (SSSR count). The zero-order valence-corrected chi connectivity index (χ0v) is 18.0. The average molecular weight is 393 g/mol. The quantitative estimate of drug-likeness (QED) is 0.404. The molecule has 0 aliphatic rings. The highest BCUT2D eigenvalue weighted by molar-refractivity contribution is 5.40. The van der Waals surface area contributed by atoms with Crippen LogP contribution in [0, 0.1) is 17.3 Å². The minimum absolute atomic E-state index is 0.0447. The first-order valence-corrected chi connectivity index (χ1v) is 10.1. The molecule has 1 heterocycles. The van der Waals surface area contributed by atoms with Crippen LogP contribution in [0.4, 0.5) is 0 Å². The van der Waals surface area contributed by atoms with E-state index in [0.29, 0.717) is 13.2 Å². The molecule has 0 aliphatic heterocycles. The Hall–Kier alpha value is -2.61. The van der Waals surface area contributed by atoms with Crippen LogP contribution in [0.5, 0.6) is 0 Å². The molecule has 2 aromatic rings. The summed E-state index contributed by atoms with van der Waals surface area (Å²) in [6, 6.07) is 8.57. The van der Waals surface area contributed by atoms with E-state index in [2.05, 4.69) is 79.8 Å². The number of likely N-dealkylation sites (N-methyl/N-ethyl adjacent to an activating group) is 1. The Labute approximate surface area is 175 Å². The molecular weight excluding hydrogens is 360 g/mol. The van der Waals surface area contributed by atoms with Crippen LogP contribution in [0.1, 0.15) is 44.6 Å². The predicted molar refractivity (Wildman–Crippen MR) is 119 cm³/mol. The van der Waals surface area contributed by atoms with E-state index < -0.39 is 0 Å². The fourth-order valence-electron chi connectivity index (χ4n) is 2.62. The summed E-state index contributed by atoms with van der Waals surface area (Å²) in [7, 11) is 0. The van der Waals surface area contributed by atoms with E-state index in [1.807, 2.05) is 18.2 Å². The van der Waals surface area contributed by atoms with E-state index >= 15 is 0 Å². The Morgan fingerprint density at radius 1 is 1.21 bits per heavy atom. The molecule has 0 spiro atoms. The second kappa shape index (κ2) is 12.1. The lowest BCUT2D eigenvalue weighted by Gasteiger charge is -2.18. The number of hydrogen-bond donors (Lipinski definition) is 0. The van der Waals surface area contributed by atoms with Gasteiger partial charge in [-0.15, -0.1) is 0 Å². The molecule has 0 atom stereocenters. The number of rotatable bonds is 10. The highest BCUT2D eigenvalue weighted by Crippen LogP contribution is 2.11. The third kappa shape index (κ3) is 9.94. The Kier molecular flexibility index (Phi) is 9.43. The number of nitrogens with zero attached hydrogens (tertiary/aromatic N) is 2. The topological polar surface area (TPSA) is 38.5 Å². The molecule has 0 saturated heterocycles. The standard InChI is InChI=1S/C25H32N2O2/c1-5-27(15-8-6-7-14-25(2,3)4)19-22-11-9-12-23(17-22)20-28-16-10-13-24-18-26-21-29-24/h6,8-13,17-18,21H,5,15-16,19-20H2,1-4H3/b8-6?,13-10+. The molecule has 0 unspecified atom stereocenters. The van der Waals surface area contributed by atoms with Crippen molar-refractivity contribution < 1.29 is 9.15 Å². The zero-order valence-electron chi connectivity index (χ0n) is 18.0. The summed E-state index contributed by atoms with van der Waals surface area (Å²) in [5.41, 5.74) is 2.51. The monoisotopic (exact) mass is 392 g/mol. The summed E-state index contributed by atoms with van der Waals surface area (Å²) >= 11 is 0. The van der Waals surface area contributed by atoms with Crippen molar-refractivity contribution in [1.82, 2.24) is 9.88 Å². The van der Waals surface area contributed by atoms with Gasteiger partial charge in [-0.2, -0.15) is 0 Å². The average Bonchev–Trinajstić information content (AvgIpc) is 3.19. The summed E-state index contributed by atoms with van der Waals surface area (Å²) in [6.45, 7) is 12.5. The lowest BCUT2D eigenvalue weighted by molar-refractivity contribution is 0.149. The van der Waals surface area contributed by atoms with Gasteiger partial charge in [-0.1, -0.05) is 55.2 Å². The fraction of sp³-hybridized carbons (Fsp3) is 0.400. The van der Waals surface area contributed by atoms with Crippen molar-refractivity contribution in [2.75, 3.05) is 19.7 Å². The highest BCUT2D eigenvalue weighted by Gasteiger charge is 2.04. The second-order valence-corrected chi connectivity index (χ2v) is 7.89. The van der Waals surface area contributed by atoms with Gasteiger partial charge in [-0.05, 0) is 50.6 Å². The molecule has 0 saturated carbocycles. The highest BCUT2D eigenvalue weighted by atomic mass is 16.5. The molecule has 0 aliphatic carbocycles. The van der Waals surface area contributed by atoms with E-state index in [0.717, 1.165) is 25.4 Å². The van der Waals surface area contributed by atoms with Gasteiger partial charge in [-0.3, -0.25) is 4.90 Å². The van der Waals surface area contributed by atoms with E-state index in [4.69, 9.17) is 9.15 Å². The number of ether oxygens (including phenoxy) is 1. The molecule has 4 heteroatoms. The van der Waals surface area contributed by atoms with Crippen LogP contribution in [0.2, 0.25) is 0 Å². The van der Waals surface area contributed by atoms with Gasteiger partial charge in [0.15, 0.2) is 6.39 Å². The van der Waals surface area contributed by atoms with Crippen molar-refractivity contribution in [3.8, 4) is 11.8 Å². The molecule has 1 aromatic heterocycles. The van der Waals surface area contributed by atoms with Crippen LogP contribution in [-0.2, 0) is 17.9 Å². The smallest absolute Gasteiger partial charge is 0.181 e. The van der Waals surface area contributed by atoms with Crippen molar-refractivity contribution in [3.63, 3.8) is 0 Å². The summed E-state index contributed by atoms with van der Waals surface area (Å²) in [4.78, 5) is 6.26. The van der Waals surface area contributed by atoms with E-state index in [9.17, 15) is 0 Å². The van der Waals surface area contributed by atoms with Crippen molar-refractivity contribution in [1.29, 1.82) is 0 Å². The zero-order chi connectivity index (χ0) is 21.0. The lowest BCUT2D eigenvalue weighted by Crippen LogP contribution is -2.22. The molecule has 154 valence electrons. The van der Waals surface area contributed by atoms with Crippen molar-refractivity contribution in [2.24, 2.45) is 5.41 Å². The first-order valence-electron chi connectivity index (χ1n) is 10.1. The Balaban J connectivity index is 1.79. The Morgan fingerprint density at radius 3 is 2.76 bits per heavy atom. The molecule has 4 nitrogen and oxygen atoms in total. The van der Waals surface area contributed by atoms with Crippen LogP contribution >= 0.6 is 0 Å². The molecule has 0 N–H and O–H groups in total. The van der Waals surface area contributed by atoms with Crippen LogP contribution in [-0.4, -0.2) is 29.6 Å². The maximum absolute atomic E-state index is 5.73. The van der Waals surface area contributed by atoms with E-state index in [1.165, 1.54) is 17.5 Å². The molecular formula is C25H32N2O2. The second-order valence-electron chi connectivity index (χ2n) is 7.89. The van der Waals surface area contributed by atoms with Gasteiger partial charge in [0.05, 0.1) is 19.4 Å². The lowest BCUT2D eigenvalue weighted by atomic mass is 9.98. The largest absolute Gasteiger partial charge is 0.444 e. The van der Waals surface area contributed by atoms with Gasteiger partial charge in [0.1, 0.15) is 5.76 Å².